The molecule has 8 nitrogen and oxygen atoms in total. The van der Waals surface area contributed by atoms with Crippen LogP contribution in [0.5, 0.6) is 0 Å². The number of nitro groups is 1. The van der Waals surface area contributed by atoms with Crippen LogP contribution in [0, 0.1) is 17.0 Å². The van der Waals surface area contributed by atoms with Crippen LogP contribution < -0.4 is 5.32 Å². The van der Waals surface area contributed by atoms with Gasteiger partial charge in [0.2, 0.25) is 0 Å². The summed E-state index contributed by atoms with van der Waals surface area (Å²) in [7, 11) is 0. The van der Waals surface area contributed by atoms with Crippen LogP contribution in [0.1, 0.15) is 21.6 Å². The molecule has 0 aliphatic heterocycles. The fourth-order valence-corrected chi connectivity index (χ4v) is 4.87. The molecule has 0 bridgehead atoms. The van der Waals surface area contributed by atoms with Crippen molar-refractivity contribution in [2.75, 3.05) is 6.54 Å². The molecule has 0 fully saturated rings. The first-order valence-corrected chi connectivity index (χ1v) is 11.4. The molecule has 4 rings (SSSR count). The third-order valence-corrected chi connectivity index (χ3v) is 6.69. The Balaban J connectivity index is 1.38. The summed E-state index contributed by atoms with van der Waals surface area (Å²) in [6, 6.07) is 14.3. The molecule has 0 saturated carbocycles. The number of amides is 1. The predicted octanol–water partition coefficient (Wildman–Crippen LogP) is 4.67. The Morgan fingerprint density at radius 3 is 2.78 bits per heavy atom. The van der Waals surface area contributed by atoms with E-state index < -0.39 is 4.92 Å². The molecule has 1 N–H and O–H groups in total. The highest BCUT2D eigenvalue weighted by atomic mass is 32.2. The number of thiazole rings is 1. The van der Waals surface area contributed by atoms with E-state index in [0.29, 0.717) is 17.9 Å². The van der Waals surface area contributed by atoms with E-state index in [1.165, 1.54) is 29.2 Å². The maximum Gasteiger partial charge on any atom is 0.284 e. The molecule has 0 aliphatic carbocycles. The number of rotatable bonds is 8. The van der Waals surface area contributed by atoms with Crippen LogP contribution in [0.3, 0.4) is 0 Å². The fraction of sp³-hybridized carbons (Fsp3) is 0.136. The summed E-state index contributed by atoms with van der Waals surface area (Å²) >= 11 is 2.65. The molecule has 0 spiro atoms. The second kappa shape index (κ2) is 9.75. The number of para-hydroxylation sites is 1. The number of hydrogen-bond acceptors (Lipinski definition) is 7. The number of benzene rings is 2. The van der Waals surface area contributed by atoms with Crippen molar-refractivity contribution >= 4 is 34.7 Å². The molecule has 2 aromatic carbocycles. The second-order valence-corrected chi connectivity index (χ2v) is 9.08. The quantitative estimate of drug-likeness (QED) is 0.300. The van der Waals surface area contributed by atoms with Gasteiger partial charge in [0.05, 0.1) is 21.7 Å². The number of nitro benzene ring substituents is 1. The Hall–Kier alpha value is -3.50. The van der Waals surface area contributed by atoms with Crippen LogP contribution in [-0.4, -0.2) is 32.1 Å². The van der Waals surface area contributed by atoms with E-state index in [-0.39, 0.29) is 17.2 Å². The number of aryl methyl sites for hydroxylation is 1. The maximum atomic E-state index is 12.5. The monoisotopic (exact) mass is 465 g/mol. The van der Waals surface area contributed by atoms with Gasteiger partial charge in [0.15, 0.2) is 4.34 Å². The Kier molecular flexibility index (Phi) is 6.62. The van der Waals surface area contributed by atoms with E-state index in [4.69, 9.17) is 0 Å². The summed E-state index contributed by atoms with van der Waals surface area (Å²) in [4.78, 5) is 28.4. The highest BCUT2D eigenvalue weighted by Crippen LogP contribution is 2.36. The first-order valence-electron chi connectivity index (χ1n) is 9.75. The average Bonchev–Trinajstić information content (AvgIpc) is 3.43. The third kappa shape index (κ3) is 5.21. The van der Waals surface area contributed by atoms with Gasteiger partial charge in [0.25, 0.3) is 11.6 Å². The van der Waals surface area contributed by atoms with Gasteiger partial charge in [0.1, 0.15) is 0 Å². The van der Waals surface area contributed by atoms with Gasteiger partial charge in [-0.25, -0.2) is 9.67 Å². The van der Waals surface area contributed by atoms with Crippen molar-refractivity contribution in [3.63, 3.8) is 0 Å². The normalized spacial score (nSPS) is 10.8. The molecule has 2 heterocycles. The fourth-order valence-electron chi connectivity index (χ4n) is 2.99. The number of carbonyl (C=O) groups is 1. The number of hydrogen-bond donors (Lipinski definition) is 1. The maximum absolute atomic E-state index is 12.5. The number of nitrogens with zero attached hydrogens (tertiary/aromatic N) is 4. The van der Waals surface area contributed by atoms with Gasteiger partial charge in [-0.3, -0.25) is 14.9 Å². The van der Waals surface area contributed by atoms with Gasteiger partial charge in [-0.1, -0.05) is 30.0 Å². The molecule has 0 radical (unpaired) electrons. The van der Waals surface area contributed by atoms with E-state index >= 15 is 0 Å². The first kappa shape index (κ1) is 21.7. The van der Waals surface area contributed by atoms with Crippen LogP contribution in [0.15, 0.2) is 75.5 Å². The van der Waals surface area contributed by atoms with Gasteiger partial charge < -0.3 is 5.32 Å². The number of aromatic nitrogens is 3. The smallest absolute Gasteiger partial charge is 0.284 e. The Morgan fingerprint density at radius 2 is 2.06 bits per heavy atom. The molecule has 1 amide bonds. The molecule has 0 atom stereocenters. The molecule has 32 heavy (non-hydrogen) atoms. The largest absolute Gasteiger partial charge is 0.352 e. The molecule has 2 aromatic heterocycles. The van der Waals surface area contributed by atoms with Crippen LogP contribution in [0.4, 0.5) is 5.69 Å². The molecular formula is C22H19N5O3S2. The summed E-state index contributed by atoms with van der Waals surface area (Å²) in [5.41, 5.74) is 2.94. The Labute approximate surface area is 192 Å². The molecule has 0 aliphatic rings. The predicted molar refractivity (Wildman–Crippen MR) is 124 cm³/mol. The van der Waals surface area contributed by atoms with Crippen molar-refractivity contribution in [3.8, 4) is 5.69 Å². The van der Waals surface area contributed by atoms with Crippen LogP contribution >= 0.6 is 23.1 Å². The molecule has 0 saturated heterocycles. The number of carbonyl (C=O) groups excluding carboxylic acids is 1. The van der Waals surface area contributed by atoms with Crippen molar-refractivity contribution in [2.24, 2.45) is 0 Å². The van der Waals surface area contributed by atoms with Crippen molar-refractivity contribution in [1.29, 1.82) is 0 Å². The summed E-state index contributed by atoms with van der Waals surface area (Å²) in [5, 5.41) is 20.6. The molecule has 162 valence electrons. The molecule has 0 unspecified atom stereocenters. The zero-order valence-corrected chi connectivity index (χ0v) is 18.7. The van der Waals surface area contributed by atoms with E-state index in [1.54, 1.807) is 23.0 Å². The summed E-state index contributed by atoms with van der Waals surface area (Å²) in [6.07, 6.45) is 4.27. The van der Waals surface area contributed by atoms with E-state index in [1.807, 2.05) is 48.8 Å². The van der Waals surface area contributed by atoms with Gasteiger partial charge in [-0.15, -0.1) is 11.3 Å². The lowest BCUT2D eigenvalue weighted by Gasteiger charge is -2.06. The van der Waals surface area contributed by atoms with E-state index in [0.717, 1.165) is 21.3 Å². The molecule has 4 aromatic rings. The topological polar surface area (TPSA) is 103 Å². The van der Waals surface area contributed by atoms with Gasteiger partial charge in [-0.05, 0) is 43.2 Å². The van der Waals surface area contributed by atoms with Gasteiger partial charge in [0, 0.05) is 35.4 Å². The summed E-state index contributed by atoms with van der Waals surface area (Å²) in [5.74, 6) is -0.356. The summed E-state index contributed by atoms with van der Waals surface area (Å²) in [6.45, 7) is 2.26. The third-order valence-electron chi connectivity index (χ3n) is 4.57. The van der Waals surface area contributed by atoms with Crippen molar-refractivity contribution < 1.29 is 9.72 Å². The van der Waals surface area contributed by atoms with E-state index in [2.05, 4.69) is 15.4 Å². The van der Waals surface area contributed by atoms with Crippen molar-refractivity contribution in [3.05, 3.63) is 93.2 Å². The van der Waals surface area contributed by atoms with Crippen LogP contribution in [-0.2, 0) is 6.42 Å². The lowest BCUT2D eigenvalue weighted by Crippen LogP contribution is -2.25. The van der Waals surface area contributed by atoms with Gasteiger partial charge >= 0.3 is 0 Å². The van der Waals surface area contributed by atoms with Crippen LogP contribution in [0.2, 0.25) is 0 Å². The zero-order valence-electron chi connectivity index (χ0n) is 17.1. The van der Waals surface area contributed by atoms with Crippen LogP contribution in [0.25, 0.3) is 5.69 Å². The van der Waals surface area contributed by atoms with Crippen molar-refractivity contribution in [2.45, 2.75) is 22.6 Å². The molecule has 10 heteroatoms. The standard InChI is InChI=1S/C22H19N5O3S2/c1-15-14-31-22(25-15)32-20-8-7-17(11-19(20)27(29)30)21(28)23-10-9-16-12-24-26(13-16)18-5-3-2-4-6-18/h2-8,11-14H,9-10H2,1H3,(H,23,28). The minimum absolute atomic E-state index is 0.111. The molecular weight excluding hydrogens is 446 g/mol. The SMILES string of the molecule is Cc1csc(Sc2ccc(C(=O)NCCc3cnn(-c4ccccc4)c3)cc2[N+](=O)[O-])n1. The highest BCUT2D eigenvalue weighted by molar-refractivity contribution is 8.01. The highest BCUT2D eigenvalue weighted by Gasteiger charge is 2.19. The minimum Gasteiger partial charge on any atom is -0.352 e. The summed E-state index contributed by atoms with van der Waals surface area (Å²) < 4.78 is 2.50. The lowest BCUT2D eigenvalue weighted by atomic mass is 10.2. The zero-order chi connectivity index (χ0) is 22.5. The first-order chi connectivity index (χ1) is 15.5. The van der Waals surface area contributed by atoms with E-state index in [9.17, 15) is 14.9 Å². The number of nitrogens with one attached hydrogen (secondary N) is 1. The lowest BCUT2D eigenvalue weighted by molar-refractivity contribution is -0.387. The minimum atomic E-state index is -0.475. The average molecular weight is 466 g/mol. The van der Waals surface area contributed by atoms with Crippen molar-refractivity contribution in [1.82, 2.24) is 20.1 Å². The Bertz CT molecular complexity index is 1250. The Morgan fingerprint density at radius 1 is 1.25 bits per heavy atom. The van der Waals surface area contributed by atoms with Gasteiger partial charge in [-0.2, -0.15) is 5.10 Å². The second-order valence-electron chi connectivity index (χ2n) is 6.93.